The lowest BCUT2D eigenvalue weighted by atomic mass is 10.1. The van der Waals surface area contributed by atoms with Gasteiger partial charge in [-0.05, 0) is 6.07 Å². The van der Waals surface area contributed by atoms with Crippen LogP contribution in [0, 0.1) is 11.6 Å². The van der Waals surface area contributed by atoms with Gasteiger partial charge in [-0.15, -0.1) is 0 Å². The Morgan fingerprint density at radius 2 is 2.00 bits per heavy atom. The number of hydrogen-bond acceptors (Lipinski definition) is 3. The molecule has 0 spiro atoms. The zero-order valence-electron chi connectivity index (χ0n) is 9.06. The van der Waals surface area contributed by atoms with Gasteiger partial charge in [-0.1, -0.05) is 0 Å². The maximum Gasteiger partial charge on any atom is 0.338 e. The Morgan fingerprint density at radius 1 is 1.33 bits per heavy atom. The fourth-order valence-electron chi connectivity index (χ4n) is 1.83. The van der Waals surface area contributed by atoms with Gasteiger partial charge in [-0.3, -0.25) is 4.79 Å². The van der Waals surface area contributed by atoms with Crippen LogP contribution >= 0.6 is 0 Å². The molecule has 18 heavy (non-hydrogen) atoms. The summed E-state index contributed by atoms with van der Waals surface area (Å²) < 4.78 is 26.7. The predicted octanol–water partition coefficient (Wildman–Crippen LogP) is 0.761. The second-order valence-corrected chi connectivity index (χ2v) is 3.95. The van der Waals surface area contributed by atoms with Gasteiger partial charge in [0, 0.05) is 6.07 Å². The number of amides is 1. The van der Waals surface area contributed by atoms with Crippen molar-refractivity contribution >= 4 is 17.6 Å². The van der Waals surface area contributed by atoms with Crippen molar-refractivity contribution < 1.29 is 28.6 Å². The number of benzene rings is 1. The number of carboxylic acid groups (broad SMARTS) is 1. The number of carbonyl (C=O) groups is 2. The summed E-state index contributed by atoms with van der Waals surface area (Å²) in [5.74, 6) is -4.35. The summed E-state index contributed by atoms with van der Waals surface area (Å²) in [4.78, 5) is 23.1. The molecule has 1 aromatic carbocycles. The Morgan fingerprint density at radius 3 is 2.50 bits per heavy atom. The molecule has 1 amide bonds. The van der Waals surface area contributed by atoms with Crippen LogP contribution < -0.4 is 4.90 Å². The molecule has 1 aliphatic rings. The second-order valence-electron chi connectivity index (χ2n) is 3.95. The highest BCUT2D eigenvalue weighted by Crippen LogP contribution is 2.27. The van der Waals surface area contributed by atoms with Crippen molar-refractivity contribution in [3.8, 4) is 0 Å². The first-order valence-electron chi connectivity index (χ1n) is 5.11. The second kappa shape index (κ2) is 4.34. The Labute approximate surface area is 100 Å². The molecule has 1 heterocycles. The van der Waals surface area contributed by atoms with Gasteiger partial charge in [0.15, 0.2) is 0 Å². The number of aromatic carboxylic acids is 1. The highest BCUT2D eigenvalue weighted by molar-refractivity contribution is 5.98. The Hall–Kier alpha value is -2.02. The van der Waals surface area contributed by atoms with Crippen LogP contribution in [0.2, 0.25) is 0 Å². The smallest absolute Gasteiger partial charge is 0.338 e. The van der Waals surface area contributed by atoms with Crippen LogP contribution in [0.25, 0.3) is 0 Å². The van der Waals surface area contributed by atoms with E-state index in [1.165, 1.54) is 0 Å². The number of rotatable bonds is 2. The standard InChI is InChI=1S/C11H9F2NO4/c12-7-3-8(13)9(2-6(7)11(17)18)14-4-5(15)1-10(14)16/h2-3,5,15H,1,4H2,(H,17,18). The van der Waals surface area contributed by atoms with Crippen LogP contribution in [0.3, 0.4) is 0 Å². The molecule has 0 radical (unpaired) electrons. The van der Waals surface area contributed by atoms with Gasteiger partial charge in [0.25, 0.3) is 0 Å². The molecule has 96 valence electrons. The number of β-amino-alcohol motifs (C(OH)–C–C–N with tert-alkyl or cyclic N) is 1. The van der Waals surface area contributed by atoms with Crippen LogP contribution in [0.5, 0.6) is 0 Å². The van der Waals surface area contributed by atoms with E-state index < -0.39 is 35.2 Å². The molecule has 2 rings (SSSR count). The van der Waals surface area contributed by atoms with Gasteiger partial charge in [0.05, 0.1) is 30.3 Å². The molecule has 7 heteroatoms. The number of nitrogens with zero attached hydrogens (tertiary/aromatic N) is 1. The molecule has 1 aliphatic heterocycles. The van der Waals surface area contributed by atoms with E-state index >= 15 is 0 Å². The van der Waals surface area contributed by atoms with E-state index in [-0.39, 0.29) is 18.7 Å². The highest BCUT2D eigenvalue weighted by Gasteiger charge is 2.31. The summed E-state index contributed by atoms with van der Waals surface area (Å²) in [6, 6.07) is 1.17. The van der Waals surface area contributed by atoms with Crippen molar-refractivity contribution in [1.29, 1.82) is 0 Å². The average molecular weight is 257 g/mol. The van der Waals surface area contributed by atoms with Gasteiger partial charge in [0.1, 0.15) is 11.6 Å². The van der Waals surface area contributed by atoms with E-state index in [4.69, 9.17) is 5.11 Å². The quantitative estimate of drug-likeness (QED) is 0.820. The third-order valence-electron chi connectivity index (χ3n) is 2.66. The Bertz CT molecular complexity index is 532. The van der Waals surface area contributed by atoms with Gasteiger partial charge < -0.3 is 15.1 Å². The van der Waals surface area contributed by atoms with E-state index in [1.807, 2.05) is 0 Å². The van der Waals surface area contributed by atoms with Gasteiger partial charge in [-0.25, -0.2) is 13.6 Å². The zero-order valence-corrected chi connectivity index (χ0v) is 9.06. The van der Waals surface area contributed by atoms with Gasteiger partial charge >= 0.3 is 5.97 Å². The van der Waals surface area contributed by atoms with Crippen LogP contribution in [-0.2, 0) is 4.79 Å². The van der Waals surface area contributed by atoms with Gasteiger partial charge in [-0.2, -0.15) is 0 Å². The molecule has 1 saturated heterocycles. The highest BCUT2D eigenvalue weighted by atomic mass is 19.1. The zero-order chi connectivity index (χ0) is 13.4. The third-order valence-corrected chi connectivity index (χ3v) is 2.66. The lowest BCUT2D eigenvalue weighted by Crippen LogP contribution is -2.26. The third kappa shape index (κ3) is 2.04. The Kier molecular flexibility index (Phi) is 3.00. The number of carbonyl (C=O) groups excluding carboxylic acids is 1. The summed E-state index contributed by atoms with van der Waals surface area (Å²) in [7, 11) is 0. The number of aliphatic hydroxyl groups is 1. The fourth-order valence-corrected chi connectivity index (χ4v) is 1.83. The van der Waals surface area contributed by atoms with E-state index in [1.54, 1.807) is 0 Å². The Balaban J connectivity index is 2.48. The minimum Gasteiger partial charge on any atom is -0.478 e. The monoisotopic (exact) mass is 257 g/mol. The molecule has 0 bridgehead atoms. The summed E-state index contributed by atoms with van der Waals surface area (Å²) in [6.45, 7) is -0.138. The van der Waals surface area contributed by atoms with Crippen molar-refractivity contribution in [2.75, 3.05) is 11.4 Å². The van der Waals surface area contributed by atoms with Crippen molar-refractivity contribution in [2.24, 2.45) is 0 Å². The first kappa shape index (κ1) is 12.4. The van der Waals surface area contributed by atoms with Crippen molar-refractivity contribution in [2.45, 2.75) is 12.5 Å². The van der Waals surface area contributed by atoms with Gasteiger partial charge in [0.2, 0.25) is 5.91 Å². The minimum absolute atomic E-state index is 0.138. The first-order chi connectivity index (χ1) is 8.40. The molecule has 1 aromatic rings. The normalized spacial score (nSPS) is 19.4. The topological polar surface area (TPSA) is 77.8 Å². The summed E-state index contributed by atoms with van der Waals surface area (Å²) in [5, 5.41) is 18.0. The number of carboxylic acids is 1. The largest absolute Gasteiger partial charge is 0.478 e. The van der Waals surface area contributed by atoms with Crippen molar-refractivity contribution in [3.63, 3.8) is 0 Å². The number of halogens is 2. The number of hydrogen-bond donors (Lipinski definition) is 2. The molecule has 2 N–H and O–H groups in total. The molecule has 1 fully saturated rings. The van der Waals surface area contributed by atoms with Crippen molar-refractivity contribution in [3.05, 3.63) is 29.3 Å². The first-order valence-corrected chi connectivity index (χ1v) is 5.11. The maximum atomic E-state index is 13.5. The lowest BCUT2D eigenvalue weighted by Gasteiger charge is -2.17. The molecule has 5 nitrogen and oxygen atoms in total. The molecular weight excluding hydrogens is 248 g/mol. The molecule has 0 aliphatic carbocycles. The fraction of sp³-hybridized carbons (Fsp3) is 0.273. The lowest BCUT2D eigenvalue weighted by molar-refractivity contribution is -0.117. The maximum absolute atomic E-state index is 13.5. The van der Waals surface area contributed by atoms with E-state index in [0.29, 0.717) is 6.07 Å². The van der Waals surface area contributed by atoms with E-state index in [0.717, 1.165) is 11.0 Å². The summed E-state index contributed by atoms with van der Waals surface area (Å²) in [5.41, 5.74) is -1.06. The molecular formula is C11H9F2NO4. The summed E-state index contributed by atoms with van der Waals surface area (Å²) in [6.07, 6.45) is -1.10. The number of anilines is 1. The SMILES string of the molecule is O=C(O)c1cc(N2CC(O)CC2=O)c(F)cc1F. The molecule has 0 saturated carbocycles. The van der Waals surface area contributed by atoms with Crippen LogP contribution in [0.1, 0.15) is 16.8 Å². The van der Waals surface area contributed by atoms with Crippen molar-refractivity contribution in [1.82, 2.24) is 0 Å². The van der Waals surface area contributed by atoms with Crippen LogP contribution in [0.15, 0.2) is 12.1 Å². The van der Waals surface area contributed by atoms with Crippen LogP contribution in [0.4, 0.5) is 14.5 Å². The molecule has 0 aromatic heterocycles. The average Bonchev–Trinajstić information content (AvgIpc) is 2.57. The van der Waals surface area contributed by atoms with E-state index in [2.05, 4.69) is 0 Å². The predicted molar refractivity (Wildman–Crippen MR) is 56.3 cm³/mol. The molecule has 1 atom stereocenters. The molecule has 1 unspecified atom stereocenters. The van der Waals surface area contributed by atoms with E-state index in [9.17, 15) is 23.5 Å². The van der Waals surface area contributed by atoms with Crippen LogP contribution in [-0.4, -0.2) is 34.7 Å². The number of aliphatic hydroxyl groups excluding tert-OH is 1. The minimum atomic E-state index is -1.55. The summed E-state index contributed by atoms with van der Waals surface area (Å²) >= 11 is 0.